The average molecular weight is 306 g/mol. The molecule has 2 aromatic carbocycles. The standard InChI is InChI=1S/2C7H6O2.Cu/c2*8-7(9)6-4-2-1-3-5-6;/h2*1-5H,(H,8,9);/p-2. The molecule has 1 radical (unpaired) electrons. The van der Waals surface area contributed by atoms with Crippen LogP contribution in [0.2, 0.25) is 0 Å². The van der Waals surface area contributed by atoms with Crippen molar-refractivity contribution in [3.05, 3.63) is 71.8 Å². The number of hydrogen-bond acceptors (Lipinski definition) is 4. The predicted molar refractivity (Wildman–Crippen MR) is 61.5 cm³/mol. The van der Waals surface area contributed by atoms with Gasteiger partial charge in [-0.1, -0.05) is 60.7 Å². The molecule has 0 fully saturated rings. The van der Waals surface area contributed by atoms with Gasteiger partial charge in [-0.3, -0.25) is 0 Å². The average Bonchev–Trinajstić information content (AvgIpc) is 2.41. The van der Waals surface area contributed by atoms with E-state index < -0.39 is 11.9 Å². The van der Waals surface area contributed by atoms with E-state index in [1.165, 1.54) is 24.3 Å². The van der Waals surface area contributed by atoms with Crippen LogP contribution in [0.3, 0.4) is 0 Å². The van der Waals surface area contributed by atoms with Crippen molar-refractivity contribution in [1.29, 1.82) is 0 Å². The molecule has 0 aliphatic carbocycles. The number of aromatic carboxylic acids is 2. The Morgan fingerprint density at radius 3 is 1.05 bits per heavy atom. The van der Waals surface area contributed by atoms with Gasteiger partial charge in [-0.05, 0) is 11.1 Å². The summed E-state index contributed by atoms with van der Waals surface area (Å²) < 4.78 is 0. The Kier molecular flexibility index (Phi) is 7.93. The SMILES string of the molecule is O=C([O-])c1ccccc1.O=C([O-])c1ccccc1.[Cu]. The van der Waals surface area contributed by atoms with E-state index in [2.05, 4.69) is 0 Å². The largest absolute Gasteiger partial charge is 0.545 e. The first kappa shape index (κ1) is 16.9. The monoisotopic (exact) mass is 305 g/mol. The van der Waals surface area contributed by atoms with Crippen molar-refractivity contribution < 1.29 is 36.9 Å². The predicted octanol–water partition coefficient (Wildman–Crippen LogP) is 0.0977. The molecular formula is C14H10CuO4-2. The summed E-state index contributed by atoms with van der Waals surface area (Å²) in [5.74, 6) is -2.26. The smallest absolute Gasteiger partial charge is 0.0715 e. The molecule has 0 spiro atoms. The van der Waals surface area contributed by atoms with Gasteiger partial charge in [0.2, 0.25) is 0 Å². The molecule has 0 saturated heterocycles. The number of carboxylic acids is 2. The number of benzene rings is 2. The van der Waals surface area contributed by atoms with Crippen molar-refractivity contribution in [2.45, 2.75) is 0 Å². The first-order valence-corrected chi connectivity index (χ1v) is 5.14. The third-order valence-electron chi connectivity index (χ3n) is 2.02. The zero-order valence-corrected chi connectivity index (χ0v) is 10.6. The van der Waals surface area contributed by atoms with Crippen molar-refractivity contribution in [3.63, 3.8) is 0 Å². The molecule has 0 N–H and O–H groups in total. The number of rotatable bonds is 2. The van der Waals surface area contributed by atoms with Crippen molar-refractivity contribution in [3.8, 4) is 0 Å². The maximum atomic E-state index is 10.1. The van der Waals surface area contributed by atoms with E-state index in [1.807, 2.05) is 0 Å². The fourth-order valence-electron chi connectivity index (χ4n) is 1.15. The van der Waals surface area contributed by atoms with Gasteiger partial charge in [0, 0.05) is 17.1 Å². The molecular weight excluding hydrogens is 296 g/mol. The molecule has 4 nitrogen and oxygen atoms in total. The third-order valence-corrected chi connectivity index (χ3v) is 2.02. The van der Waals surface area contributed by atoms with Gasteiger partial charge in [0.1, 0.15) is 0 Å². The maximum Gasteiger partial charge on any atom is 0.0715 e. The molecule has 0 unspecified atom stereocenters. The summed E-state index contributed by atoms with van der Waals surface area (Å²) in [6, 6.07) is 16.1. The molecule has 103 valence electrons. The summed E-state index contributed by atoms with van der Waals surface area (Å²) in [6.07, 6.45) is 0. The van der Waals surface area contributed by atoms with Gasteiger partial charge in [-0.15, -0.1) is 0 Å². The molecule has 19 heavy (non-hydrogen) atoms. The molecule has 2 rings (SSSR count). The van der Waals surface area contributed by atoms with Crippen LogP contribution in [0.1, 0.15) is 20.7 Å². The molecule has 0 saturated carbocycles. The molecule has 0 bridgehead atoms. The second-order valence-corrected chi connectivity index (χ2v) is 3.31. The number of carboxylic acid groups (broad SMARTS) is 2. The Bertz CT molecular complexity index is 462. The van der Waals surface area contributed by atoms with Crippen LogP contribution in [-0.4, -0.2) is 11.9 Å². The van der Waals surface area contributed by atoms with Gasteiger partial charge in [0.15, 0.2) is 0 Å². The van der Waals surface area contributed by atoms with Crippen molar-refractivity contribution in [1.82, 2.24) is 0 Å². The normalized spacial score (nSPS) is 8.42. The summed E-state index contributed by atoms with van der Waals surface area (Å²) in [7, 11) is 0. The molecule has 0 atom stereocenters. The van der Waals surface area contributed by atoms with Gasteiger partial charge in [-0.2, -0.15) is 0 Å². The fraction of sp³-hybridized carbons (Fsp3) is 0. The van der Waals surface area contributed by atoms with Gasteiger partial charge >= 0.3 is 0 Å². The first-order valence-electron chi connectivity index (χ1n) is 5.14. The van der Waals surface area contributed by atoms with Crippen LogP contribution in [0.25, 0.3) is 0 Å². The number of carbonyl (C=O) groups excluding carboxylic acids is 2. The minimum absolute atomic E-state index is 0. The van der Waals surface area contributed by atoms with E-state index >= 15 is 0 Å². The van der Waals surface area contributed by atoms with E-state index in [9.17, 15) is 19.8 Å². The van der Waals surface area contributed by atoms with Crippen LogP contribution in [0.5, 0.6) is 0 Å². The van der Waals surface area contributed by atoms with E-state index in [0.717, 1.165) is 0 Å². The fourth-order valence-corrected chi connectivity index (χ4v) is 1.15. The second kappa shape index (κ2) is 8.91. The van der Waals surface area contributed by atoms with Crippen LogP contribution in [0, 0.1) is 0 Å². The Morgan fingerprint density at radius 1 is 0.632 bits per heavy atom. The van der Waals surface area contributed by atoms with Crippen molar-refractivity contribution in [2.75, 3.05) is 0 Å². The summed E-state index contributed by atoms with van der Waals surface area (Å²) in [5, 5.41) is 20.2. The molecule has 0 heterocycles. The Morgan fingerprint density at radius 2 is 0.895 bits per heavy atom. The Labute approximate surface area is 121 Å². The molecule has 0 aromatic heterocycles. The zero-order valence-electron chi connectivity index (χ0n) is 9.71. The van der Waals surface area contributed by atoms with Crippen molar-refractivity contribution >= 4 is 11.9 Å². The Balaban J connectivity index is 0.000000324. The molecule has 0 aliphatic heterocycles. The minimum Gasteiger partial charge on any atom is -0.545 e. The van der Waals surface area contributed by atoms with Gasteiger partial charge in [0.05, 0.1) is 11.9 Å². The zero-order chi connectivity index (χ0) is 13.4. The third kappa shape index (κ3) is 6.40. The topological polar surface area (TPSA) is 80.3 Å². The van der Waals surface area contributed by atoms with Gasteiger partial charge < -0.3 is 19.8 Å². The number of hydrogen-bond donors (Lipinski definition) is 0. The maximum absolute atomic E-state index is 10.1. The number of carbonyl (C=O) groups is 2. The van der Waals surface area contributed by atoms with Crippen molar-refractivity contribution in [2.24, 2.45) is 0 Å². The van der Waals surface area contributed by atoms with Gasteiger partial charge in [-0.25, -0.2) is 0 Å². The second-order valence-electron chi connectivity index (χ2n) is 3.31. The van der Waals surface area contributed by atoms with E-state index in [4.69, 9.17) is 0 Å². The summed E-state index contributed by atoms with van der Waals surface area (Å²) in [4.78, 5) is 20.2. The van der Waals surface area contributed by atoms with Crippen LogP contribution >= 0.6 is 0 Å². The van der Waals surface area contributed by atoms with Crippen LogP contribution in [0.15, 0.2) is 60.7 Å². The van der Waals surface area contributed by atoms with E-state index in [-0.39, 0.29) is 28.2 Å². The summed E-state index contributed by atoms with van der Waals surface area (Å²) in [6.45, 7) is 0. The van der Waals surface area contributed by atoms with E-state index in [0.29, 0.717) is 0 Å². The first-order chi connectivity index (χ1) is 8.61. The van der Waals surface area contributed by atoms with Crippen LogP contribution in [-0.2, 0) is 17.1 Å². The van der Waals surface area contributed by atoms with Gasteiger partial charge in [0.25, 0.3) is 0 Å². The quantitative estimate of drug-likeness (QED) is 0.737. The van der Waals surface area contributed by atoms with Crippen LogP contribution < -0.4 is 10.2 Å². The van der Waals surface area contributed by atoms with E-state index in [1.54, 1.807) is 36.4 Å². The molecule has 2 aromatic rings. The Hall–Kier alpha value is -2.10. The summed E-state index contributed by atoms with van der Waals surface area (Å²) >= 11 is 0. The van der Waals surface area contributed by atoms with Crippen LogP contribution in [0.4, 0.5) is 0 Å². The molecule has 0 amide bonds. The minimum atomic E-state index is -1.13. The molecule has 5 heteroatoms. The summed E-state index contributed by atoms with van der Waals surface area (Å²) in [5.41, 5.74) is 0.440. The molecule has 0 aliphatic rings.